The summed E-state index contributed by atoms with van der Waals surface area (Å²) in [5.41, 5.74) is -3.25. The van der Waals surface area contributed by atoms with E-state index in [2.05, 4.69) is 13.0 Å². The van der Waals surface area contributed by atoms with Crippen LogP contribution in [0.25, 0.3) is 0 Å². The van der Waals surface area contributed by atoms with Crippen molar-refractivity contribution in [3.05, 3.63) is 0 Å². The zero-order valence-corrected chi connectivity index (χ0v) is 13.4. The van der Waals surface area contributed by atoms with Gasteiger partial charge in [-0.05, 0) is 25.7 Å². The Morgan fingerprint density at radius 1 is 1.26 bits per heavy atom. The second-order valence-corrected chi connectivity index (χ2v) is 6.94. The first kappa shape index (κ1) is 15.8. The summed E-state index contributed by atoms with van der Waals surface area (Å²) in [5.74, 6) is -1.32. The molecule has 0 aromatic heterocycles. The highest BCUT2D eigenvalue weighted by Crippen LogP contribution is 2.66. The predicted molar refractivity (Wildman–Crippen MR) is 79.5 cm³/mol. The lowest BCUT2D eigenvalue weighted by atomic mass is 9.51. The van der Waals surface area contributed by atoms with E-state index in [0.717, 1.165) is 19.3 Å². The molecule has 2 bridgehead atoms. The molecule has 0 radical (unpaired) electrons. The maximum atomic E-state index is 9.98. The van der Waals surface area contributed by atoms with E-state index in [4.69, 9.17) is 14.9 Å². The summed E-state index contributed by atoms with van der Waals surface area (Å²) in [6.07, 6.45) is 3.47. The van der Waals surface area contributed by atoms with Crippen LogP contribution in [0.3, 0.4) is 0 Å². The number of nitrogens with zero attached hydrogens (tertiary/aromatic N) is 3. The van der Waals surface area contributed by atoms with Crippen LogP contribution in [-0.2, 0) is 9.47 Å². The van der Waals surface area contributed by atoms with E-state index < -0.39 is 28.6 Å². The van der Waals surface area contributed by atoms with Crippen molar-refractivity contribution in [2.45, 2.75) is 57.8 Å². The maximum Gasteiger partial charge on any atom is 0.217 e. The summed E-state index contributed by atoms with van der Waals surface area (Å²) in [7, 11) is 0. The van der Waals surface area contributed by atoms with Gasteiger partial charge < -0.3 is 9.47 Å². The number of nitriles is 3. The van der Waals surface area contributed by atoms with Crippen LogP contribution in [0.1, 0.15) is 46.0 Å². The zero-order chi connectivity index (χ0) is 16.9. The van der Waals surface area contributed by atoms with E-state index >= 15 is 0 Å². The van der Waals surface area contributed by atoms with Gasteiger partial charge in [-0.25, -0.2) is 0 Å². The molecule has 23 heavy (non-hydrogen) atoms. The van der Waals surface area contributed by atoms with Crippen molar-refractivity contribution in [1.29, 1.82) is 21.2 Å². The van der Waals surface area contributed by atoms with Gasteiger partial charge in [-0.3, -0.25) is 5.41 Å². The van der Waals surface area contributed by atoms with E-state index in [9.17, 15) is 15.8 Å². The fourth-order valence-electron chi connectivity index (χ4n) is 4.85. The number of hydrogen-bond acceptors (Lipinski definition) is 6. The second kappa shape index (κ2) is 4.95. The Morgan fingerprint density at radius 2 is 1.96 bits per heavy atom. The molecule has 2 heterocycles. The summed E-state index contributed by atoms with van der Waals surface area (Å²) >= 11 is 0. The van der Waals surface area contributed by atoms with Gasteiger partial charge in [0.2, 0.25) is 11.7 Å². The molecule has 1 saturated carbocycles. The van der Waals surface area contributed by atoms with E-state index in [0.29, 0.717) is 18.8 Å². The molecular weight excluding hydrogens is 292 g/mol. The van der Waals surface area contributed by atoms with Gasteiger partial charge >= 0.3 is 0 Å². The van der Waals surface area contributed by atoms with Crippen molar-refractivity contribution < 1.29 is 9.47 Å². The minimum Gasteiger partial charge on any atom is -0.447 e. The van der Waals surface area contributed by atoms with Crippen LogP contribution in [0.5, 0.6) is 0 Å². The quantitative estimate of drug-likeness (QED) is 0.842. The van der Waals surface area contributed by atoms with Gasteiger partial charge in [0, 0.05) is 6.42 Å². The highest BCUT2D eigenvalue weighted by molar-refractivity contribution is 5.89. The van der Waals surface area contributed by atoms with E-state index in [1.165, 1.54) is 0 Å². The second-order valence-electron chi connectivity index (χ2n) is 6.94. The van der Waals surface area contributed by atoms with Crippen LogP contribution < -0.4 is 0 Å². The summed E-state index contributed by atoms with van der Waals surface area (Å²) in [5, 5.41) is 37.8. The van der Waals surface area contributed by atoms with Gasteiger partial charge in [0.1, 0.15) is 0 Å². The summed E-state index contributed by atoms with van der Waals surface area (Å²) in [4.78, 5) is 0. The van der Waals surface area contributed by atoms with Crippen LogP contribution >= 0.6 is 0 Å². The predicted octanol–water partition coefficient (Wildman–Crippen LogP) is 2.87. The normalized spacial score (nSPS) is 43.4. The molecule has 2 saturated heterocycles. The smallest absolute Gasteiger partial charge is 0.217 e. The Morgan fingerprint density at radius 3 is 2.52 bits per heavy atom. The summed E-state index contributed by atoms with van der Waals surface area (Å²) < 4.78 is 11.8. The third kappa shape index (κ3) is 1.61. The van der Waals surface area contributed by atoms with E-state index in [1.807, 2.05) is 12.1 Å². The Bertz CT molecular complexity index is 656. The molecule has 5 atom stereocenters. The van der Waals surface area contributed by atoms with Gasteiger partial charge in [0.25, 0.3) is 0 Å². The molecule has 2 aliphatic heterocycles. The topological polar surface area (TPSA) is 114 Å². The first-order chi connectivity index (χ1) is 11.0. The molecule has 0 spiro atoms. The van der Waals surface area contributed by atoms with Gasteiger partial charge in [-0.2, -0.15) is 15.8 Å². The molecule has 0 aromatic rings. The van der Waals surface area contributed by atoms with Crippen molar-refractivity contribution in [2.24, 2.45) is 22.7 Å². The van der Waals surface area contributed by atoms with Crippen LogP contribution in [0, 0.1) is 62.1 Å². The average Bonchev–Trinajstić information content (AvgIpc) is 2.74. The zero-order valence-electron chi connectivity index (χ0n) is 13.4. The molecule has 0 aromatic carbocycles. The fourth-order valence-corrected chi connectivity index (χ4v) is 4.85. The van der Waals surface area contributed by atoms with Crippen LogP contribution in [0.15, 0.2) is 0 Å². The largest absolute Gasteiger partial charge is 0.447 e. The van der Waals surface area contributed by atoms with Crippen LogP contribution in [0.4, 0.5) is 0 Å². The lowest BCUT2D eigenvalue weighted by Crippen LogP contribution is -2.63. The number of hydrogen-bond donors (Lipinski definition) is 1. The Labute approximate surface area is 136 Å². The molecule has 1 aliphatic carbocycles. The number of ether oxygens (including phenoxy) is 2. The summed E-state index contributed by atoms with van der Waals surface area (Å²) in [6, 6.07) is 6.19. The van der Waals surface area contributed by atoms with Gasteiger partial charge in [-0.15, -0.1) is 0 Å². The Balaban J connectivity index is 2.17. The van der Waals surface area contributed by atoms with Crippen molar-refractivity contribution in [3.63, 3.8) is 0 Å². The third-order valence-corrected chi connectivity index (χ3v) is 5.99. The Hall–Kier alpha value is -2.10. The van der Waals surface area contributed by atoms with Gasteiger partial charge in [-0.1, -0.05) is 19.8 Å². The molecule has 3 rings (SSSR count). The van der Waals surface area contributed by atoms with Crippen molar-refractivity contribution in [3.8, 4) is 18.2 Å². The van der Waals surface area contributed by atoms with Gasteiger partial charge in [0.15, 0.2) is 10.8 Å². The third-order valence-electron chi connectivity index (χ3n) is 5.99. The molecule has 3 fully saturated rings. The highest BCUT2D eigenvalue weighted by Gasteiger charge is 2.79. The molecule has 6 nitrogen and oxygen atoms in total. The maximum absolute atomic E-state index is 9.98. The van der Waals surface area contributed by atoms with Crippen molar-refractivity contribution in [1.82, 2.24) is 0 Å². The monoisotopic (exact) mass is 312 g/mol. The van der Waals surface area contributed by atoms with Crippen LogP contribution in [-0.4, -0.2) is 17.8 Å². The van der Waals surface area contributed by atoms with Gasteiger partial charge in [0.05, 0.1) is 30.2 Å². The van der Waals surface area contributed by atoms with Crippen molar-refractivity contribution in [2.75, 3.05) is 0 Å². The molecule has 3 aliphatic rings. The van der Waals surface area contributed by atoms with E-state index in [1.54, 1.807) is 6.92 Å². The Kier molecular flexibility index (Phi) is 3.40. The minimum atomic E-state index is -1.71. The molecule has 5 unspecified atom stereocenters. The number of rotatable bonds is 2. The number of nitrogens with one attached hydrogen (secondary N) is 1. The molecule has 6 heteroatoms. The lowest BCUT2D eigenvalue weighted by molar-refractivity contribution is -0.292. The van der Waals surface area contributed by atoms with Crippen LogP contribution in [0.2, 0.25) is 0 Å². The summed E-state index contributed by atoms with van der Waals surface area (Å²) in [6.45, 7) is 3.75. The van der Waals surface area contributed by atoms with Crippen molar-refractivity contribution >= 4 is 5.90 Å². The minimum absolute atomic E-state index is 0.269. The van der Waals surface area contributed by atoms with E-state index in [-0.39, 0.29) is 5.90 Å². The first-order valence-corrected chi connectivity index (χ1v) is 8.16. The average molecular weight is 312 g/mol. The first-order valence-electron chi connectivity index (χ1n) is 8.16. The molecular formula is C17H20N4O2. The standard InChI is InChI=1S/C17H20N4O2/c1-3-4-12-5-6-17-13(7-12)16(10-20,14(21)23-17)15(8-18,9-19)11(2)22-17/h11-13,21H,3-7H2,1-2H3. The molecule has 1 N–H and O–H groups in total. The SMILES string of the molecule is CCCC1CCC23OC(=N)C(C#N)(C2C1)C(C#N)(C#N)C(C)O3. The fraction of sp³-hybridized carbons (Fsp3) is 0.765. The highest BCUT2D eigenvalue weighted by atomic mass is 16.7. The molecule has 120 valence electrons. The lowest BCUT2D eigenvalue weighted by Gasteiger charge is -2.52. The molecule has 0 amide bonds.